The monoisotopic (exact) mass is 326 g/mol. The number of carbonyl (C=O) groups is 1. The predicted molar refractivity (Wildman–Crippen MR) is 86.2 cm³/mol. The van der Waals surface area contributed by atoms with Crippen LogP contribution in [0.2, 0.25) is 0 Å². The molecule has 0 unspecified atom stereocenters. The van der Waals surface area contributed by atoms with Gasteiger partial charge in [0.2, 0.25) is 5.88 Å². The first-order chi connectivity index (χ1) is 11.6. The van der Waals surface area contributed by atoms with Crippen LogP contribution in [0.4, 0.5) is 4.39 Å². The third-order valence-corrected chi connectivity index (χ3v) is 3.37. The van der Waals surface area contributed by atoms with E-state index in [0.717, 1.165) is 0 Å². The minimum atomic E-state index is -0.532. The fourth-order valence-corrected chi connectivity index (χ4v) is 2.22. The van der Waals surface area contributed by atoms with Crippen molar-refractivity contribution in [2.75, 3.05) is 7.11 Å². The highest BCUT2D eigenvalue weighted by Gasteiger charge is 2.15. The zero-order chi connectivity index (χ0) is 17.1. The van der Waals surface area contributed by atoms with Crippen molar-refractivity contribution in [1.29, 1.82) is 0 Å². The maximum atomic E-state index is 13.4. The molecule has 24 heavy (non-hydrogen) atoms. The largest absolute Gasteiger partial charge is 0.497 e. The summed E-state index contributed by atoms with van der Waals surface area (Å²) < 4.78 is 25.3. The minimum absolute atomic E-state index is 0.221. The highest BCUT2D eigenvalue weighted by atomic mass is 19.1. The van der Waals surface area contributed by atoms with Crippen molar-refractivity contribution in [2.24, 2.45) is 0 Å². The van der Waals surface area contributed by atoms with Gasteiger partial charge in [0.25, 0.3) is 0 Å². The van der Waals surface area contributed by atoms with Crippen LogP contribution in [0.25, 0.3) is 5.69 Å². The summed E-state index contributed by atoms with van der Waals surface area (Å²) >= 11 is 0. The van der Waals surface area contributed by atoms with Crippen molar-refractivity contribution in [3.63, 3.8) is 0 Å². The van der Waals surface area contributed by atoms with E-state index < -0.39 is 11.8 Å². The molecule has 5 nitrogen and oxygen atoms in total. The van der Waals surface area contributed by atoms with Crippen LogP contribution < -0.4 is 9.47 Å². The molecule has 2 aromatic carbocycles. The van der Waals surface area contributed by atoms with E-state index in [0.29, 0.717) is 22.7 Å². The molecule has 1 aromatic heterocycles. The molecule has 0 fully saturated rings. The Morgan fingerprint density at radius 3 is 2.54 bits per heavy atom. The molecule has 3 rings (SSSR count). The molecule has 0 saturated heterocycles. The molecule has 0 spiro atoms. The molecule has 3 aromatic rings. The van der Waals surface area contributed by atoms with Gasteiger partial charge in [-0.15, -0.1) is 0 Å². The number of esters is 1. The number of hydrogen-bond acceptors (Lipinski definition) is 4. The molecule has 0 aliphatic rings. The summed E-state index contributed by atoms with van der Waals surface area (Å²) in [4.78, 5) is 12.3. The van der Waals surface area contributed by atoms with E-state index in [2.05, 4.69) is 5.10 Å². The van der Waals surface area contributed by atoms with Crippen LogP contribution in [0, 0.1) is 12.7 Å². The van der Waals surface area contributed by atoms with Crippen molar-refractivity contribution in [3.05, 3.63) is 71.7 Å². The number of carbonyl (C=O) groups excluding carboxylic acids is 1. The smallest absolute Gasteiger partial charge is 0.344 e. The maximum absolute atomic E-state index is 13.4. The van der Waals surface area contributed by atoms with Crippen LogP contribution in [-0.2, 0) is 0 Å². The van der Waals surface area contributed by atoms with Gasteiger partial charge >= 0.3 is 5.97 Å². The maximum Gasteiger partial charge on any atom is 0.344 e. The summed E-state index contributed by atoms with van der Waals surface area (Å²) in [6, 6.07) is 14.1. The van der Waals surface area contributed by atoms with Crippen molar-refractivity contribution in [3.8, 4) is 17.3 Å². The summed E-state index contributed by atoms with van der Waals surface area (Å²) in [6.45, 7) is 1.76. The van der Waals surface area contributed by atoms with Crippen LogP contribution in [-0.4, -0.2) is 22.9 Å². The van der Waals surface area contributed by atoms with Gasteiger partial charge in [-0.1, -0.05) is 6.07 Å². The quantitative estimate of drug-likeness (QED) is 0.688. The SMILES string of the molecule is COc1ccc(C(=O)Oc2cc(C)nn2-c2cccc(F)c2)cc1. The van der Waals surface area contributed by atoms with E-state index in [-0.39, 0.29) is 5.88 Å². The van der Waals surface area contributed by atoms with Gasteiger partial charge in [-0.25, -0.2) is 13.9 Å². The lowest BCUT2D eigenvalue weighted by molar-refractivity contribution is 0.0723. The number of halogens is 1. The first kappa shape index (κ1) is 15.7. The number of ether oxygens (including phenoxy) is 2. The first-order valence-corrected chi connectivity index (χ1v) is 7.25. The molecule has 1 heterocycles. The van der Waals surface area contributed by atoms with Gasteiger partial charge in [-0.05, 0) is 49.4 Å². The Morgan fingerprint density at radius 2 is 1.88 bits per heavy atom. The highest BCUT2D eigenvalue weighted by molar-refractivity contribution is 5.91. The Balaban J connectivity index is 1.88. The Bertz CT molecular complexity index is 872. The van der Waals surface area contributed by atoms with Gasteiger partial charge in [0, 0.05) is 6.07 Å². The van der Waals surface area contributed by atoms with E-state index in [9.17, 15) is 9.18 Å². The van der Waals surface area contributed by atoms with Crippen LogP contribution in [0.3, 0.4) is 0 Å². The van der Waals surface area contributed by atoms with Crippen molar-refractivity contribution >= 4 is 5.97 Å². The Labute approximate surface area is 138 Å². The highest BCUT2D eigenvalue weighted by Crippen LogP contribution is 2.21. The van der Waals surface area contributed by atoms with Crippen molar-refractivity contribution in [1.82, 2.24) is 9.78 Å². The summed E-state index contributed by atoms with van der Waals surface area (Å²) in [5.41, 5.74) is 1.50. The summed E-state index contributed by atoms with van der Waals surface area (Å²) in [5, 5.41) is 4.25. The number of methoxy groups -OCH3 is 1. The lowest BCUT2D eigenvalue weighted by Gasteiger charge is -2.08. The normalized spacial score (nSPS) is 10.5. The van der Waals surface area contributed by atoms with E-state index >= 15 is 0 Å². The second-order valence-corrected chi connectivity index (χ2v) is 5.13. The third-order valence-electron chi connectivity index (χ3n) is 3.37. The Hall–Kier alpha value is -3.15. The van der Waals surface area contributed by atoms with Gasteiger partial charge in [0.05, 0.1) is 24.1 Å². The van der Waals surface area contributed by atoms with Crippen LogP contribution in [0.1, 0.15) is 16.1 Å². The van der Waals surface area contributed by atoms with E-state index in [1.165, 1.54) is 16.8 Å². The fraction of sp³-hybridized carbons (Fsp3) is 0.111. The summed E-state index contributed by atoms with van der Waals surface area (Å²) in [6.07, 6.45) is 0. The Kier molecular flexibility index (Phi) is 4.29. The third kappa shape index (κ3) is 3.27. The molecule has 0 aliphatic carbocycles. The first-order valence-electron chi connectivity index (χ1n) is 7.25. The zero-order valence-electron chi connectivity index (χ0n) is 13.2. The fourth-order valence-electron chi connectivity index (χ4n) is 2.22. The molecule has 0 bridgehead atoms. The number of rotatable bonds is 4. The average Bonchev–Trinajstić information content (AvgIpc) is 2.95. The van der Waals surface area contributed by atoms with Gasteiger partial charge in [-0.3, -0.25) is 0 Å². The average molecular weight is 326 g/mol. The molecule has 122 valence electrons. The molecule has 0 amide bonds. The van der Waals surface area contributed by atoms with Crippen LogP contribution >= 0.6 is 0 Å². The standard InChI is InChI=1S/C18H15FN2O3/c1-12-10-17(21(20-12)15-5-3-4-14(19)11-15)24-18(22)13-6-8-16(23-2)9-7-13/h3-11H,1-2H3. The summed E-state index contributed by atoms with van der Waals surface area (Å²) in [5.74, 6) is -0.0607. The number of hydrogen-bond donors (Lipinski definition) is 0. The topological polar surface area (TPSA) is 53.4 Å². The summed E-state index contributed by atoms with van der Waals surface area (Å²) in [7, 11) is 1.55. The zero-order valence-corrected chi connectivity index (χ0v) is 13.2. The van der Waals surface area contributed by atoms with Gasteiger partial charge < -0.3 is 9.47 Å². The van der Waals surface area contributed by atoms with Gasteiger partial charge in [-0.2, -0.15) is 5.10 Å². The number of nitrogens with zero attached hydrogens (tertiary/aromatic N) is 2. The second kappa shape index (κ2) is 6.54. The van der Waals surface area contributed by atoms with Gasteiger partial charge in [0.15, 0.2) is 0 Å². The molecule has 0 atom stereocenters. The molecular weight excluding hydrogens is 311 g/mol. The minimum Gasteiger partial charge on any atom is -0.497 e. The van der Waals surface area contributed by atoms with E-state index in [4.69, 9.17) is 9.47 Å². The lowest BCUT2D eigenvalue weighted by Crippen LogP contribution is -2.11. The molecule has 6 heteroatoms. The lowest BCUT2D eigenvalue weighted by atomic mass is 10.2. The van der Waals surface area contributed by atoms with E-state index in [1.807, 2.05) is 0 Å². The molecule has 0 aliphatic heterocycles. The van der Waals surface area contributed by atoms with Crippen LogP contribution in [0.15, 0.2) is 54.6 Å². The Morgan fingerprint density at radius 1 is 1.12 bits per heavy atom. The van der Waals surface area contributed by atoms with E-state index in [1.54, 1.807) is 56.5 Å². The molecule has 0 radical (unpaired) electrons. The second-order valence-electron chi connectivity index (χ2n) is 5.13. The van der Waals surface area contributed by atoms with Gasteiger partial charge in [0.1, 0.15) is 11.6 Å². The predicted octanol–water partition coefficient (Wildman–Crippen LogP) is 3.55. The van der Waals surface area contributed by atoms with Crippen molar-refractivity contribution < 1.29 is 18.7 Å². The van der Waals surface area contributed by atoms with Crippen molar-refractivity contribution in [2.45, 2.75) is 6.92 Å². The molecular formula is C18H15FN2O3. The number of aromatic nitrogens is 2. The van der Waals surface area contributed by atoms with Crippen LogP contribution in [0.5, 0.6) is 11.6 Å². The molecule has 0 saturated carbocycles. The number of benzene rings is 2. The molecule has 0 N–H and O–H groups in total. The number of aryl methyl sites for hydroxylation is 1.